The van der Waals surface area contributed by atoms with Gasteiger partial charge < -0.3 is 5.32 Å². The van der Waals surface area contributed by atoms with Crippen molar-refractivity contribution in [3.63, 3.8) is 0 Å². The van der Waals surface area contributed by atoms with E-state index in [-0.39, 0.29) is 11.7 Å². The molecule has 0 fully saturated rings. The van der Waals surface area contributed by atoms with E-state index < -0.39 is 0 Å². The monoisotopic (exact) mass is 453 g/mol. The van der Waals surface area contributed by atoms with Gasteiger partial charge in [-0.25, -0.2) is 4.39 Å². The van der Waals surface area contributed by atoms with Gasteiger partial charge >= 0.3 is 0 Å². The smallest absolute Gasteiger partial charge is 0.256 e. The van der Waals surface area contributed by atoms with E-state index >= 15 is 0 Å². The fourth-order valence-corrected chi connectivity index (χ4v) is 3.28. The maximum absolute atomic E-state index is 13.3. The van der Waals surface area contributed by atoms with Gasteiger partial charge in [0.2, 0.25) is 0 Å². The topological polar surface area (TPSA) is 64.7 Å². The second kappa shape index (κ2) is 8.40. The van der Waals surface area contributed by atoms with Crippen molar-refractivity contribution in [1.29, 1.82) is 0 Å². The average molecular weight is 454 g/mol. The third-order valence-corrected chi connectivity index (χ3v) is 4.66. The Bertz CT molecular complexity index is 1150. The molecule has 0 radical (unpaired) electrons. The van der Waals surface area contributed by atoms with Crippen molar-refractivity contribution in [2.75, 3.05) is 5.32 Å². The molecule has 0 bridgehead atoms. The maximum atomic E-state index is 13.3. The summed E-state index contributed by atoms with van der Waals surface area (Å²) in [7, 11) is 0. The van der Waals surface area contributed by atoms with E-state index in [1.807, 2.05) is 30.5 Å². The number of hydrogen-bond donors (Lipinski definition) is 1. The number of anilines is 1. The first-order valence-corrected chi connectivity index (χ1v) is 9.70. The Morgan fingerprint density at radius 1 is 1.03 bits per heavy atom. The van der Waals surface area contributed by atoms with E-state index in [4.69, 9.17) is 0 Å². The molecular weight excluding hydrogens is 437 g/mol. The first-order chi connectivity index (χ1) is 14.0. The van der Waals surface area contributed by atoms with E-state index in [0.29, 0.717) is 24.5 Å². The molecule has 1 amide bonds. The highest BCUT2D eigenvalue weighted by Gasteiger charge is 2.10. The first-order valence-electron chi connectivity index (χ1n) is 8.91. The summed E-state index contributed by atoms with van der Waals surface area (Å²) in [5.41, 5.74) is 2.29. The lowest BCUT2D eigenvalue weighted by molar-refractivity contribution is 0.102. The van der Waals surface area contributed by atoms with Gasteiger partial charge in [-0.1, -0.05) is 24.3 Å². The number of rotatable bonds is 6. The SMILES string of the molecule is O=C(Nc1ccn(Cc2cccc(F)c2)n1)c1cccc(Cn2cc(Br)cn2)c1. The highest BCUT2D eigenvalue weighted by Crippen LogP contribution is 2.13. The molecule has 4 rings (SSSR count). The van der Waals surface area contributed by atoms with Crippen LogP contribution in [-0.4, -0.2) is 25.5 Å². The zero-order valence-electron chi connectivity index (χ0n) is 15.3. The molecule has 2 heterocycles. The molecule has 1 N–H and O–H groups in total. The summed E-state index contributed by atoms with van der Waals surface area (Å²) in [6.07, 6.45) is 5.33. The predicted molar refractivity (Wildman–Crippen MR) is 111 cm³/mol. The van der Waals surface area contributed by atoms with Crippen LogP contribution >= 0.6 is 15.9 Å². The predicted octanol–water partition coefficient (Wildman–Crippen LogP) is 4.33. The number of halogens is 2. The van der Waals surface area contributed by atoms with Gasteiger partial charge in [-0.05, 0) is 51.3 Å². The molecule has 29 heavy (non-hydrogen) atoms. The zero-order chi connectivity index (χ0) is 20.2. The van der Waals surface area contributed by atoms with Gasteiger partial charge in [-0.15, -0.1) is 0 Å². The Hall–Kier alpha value is -3.26. The second-order valence-electron chi connectivity index (χ2n) is 6.54. The van der Waals surface area contributed by atoms with E-state index in [9.17, 15) is 9.18 Å². The summed E-state index contributed by atoms with van der Waals surface area (Å²) in [6.45, 7) is 0.984. The summed E-state index contributed by atoms with van der Waals surface area (Å²) in [4.78, 5) is 12.6. The second-order valence-corrected chi connectivity index (χ2v) is 7.45. The van der Waals surface area contributed by atoms with E-state index in [1.165, 1.54) is 12.1 Å². The summed E-state index contributed by atoms with van der Waals surface area (Å²) < 4.78 is 17.7. The minimum atomic E-state index is -0.287. The van der Waals surface area contributed by atoms with Crippen LogP contribution in [0.4, 0.5) is 10.2 Å². The Kier molecular flexibility index (Phi) is 5.53. The molecule has 6 nitrogen and oxygen atoms in total. The molecule has 0 saturated heterocycles. The van der Waals surface area contributed by atoms with Gasteiger partial charge in [-0.2, -0.15) is 10.2 Å². The lowest BCUT2D eigenvalue weighted by Gasteiger charge is -2.06. The van der Waals surface area contributed by atoms with Crippen LogP contribution < -0.4 is 5.32 Å². The van der Waals surface area contributed by atoms with Crippen molar-refractivity contribution in [3.05, 3.63) is 100 Å². The molecule has 0 unspecified atom stereocenters. The molecular formula is C21H17BrFN5O. The van der Waals surface area contributed by atoms with E-state index in [1.54, 1.807) is 40.0 Å². The largest absolute Gasteiger partial charge is 0.305 e. The minimum Gasteiger partial charge on any atom is -0.305 e. The molecule has 0 aliphatic heterocycles. The Morgan fingerprint density at radius 3 is 2.55 bits per heavy atom. The van der Waals surface area contributed by atoms with Crippen molar-refractivity contribution in [2.45, 2.75) is 13.1 Å². The molecule has 2 aromatic heterocycles. The highest BCUT2D eigenvalue weighted by molar-refractivity contribution is 9.10. The number of amides is 1. The Balaban J connectivity index is 1.42. The number of aromatic nitrogens is 4. The normalized spacial score (nSPS) is 10.8. The molecule has 0 saturated carbocycles. The number of hydrogen-bond acceptors (Lipinski definition) is 3. The molecule has 146 valence electrons. The quantitative estimate of drug-likeness (QED) is 0.472. The van der Waals surface area contributed by atoms with Crippen LogP contribution in [0, 0.1) is 5.82 Å². The fraction of sp³-hybridized carbons (Fsp3) is 0.0952. The summed E-state index contributed by atoms with van der Waals surface area (Å²) in [6, 6.07) is 15.4. The van der Waals surface area contributed by atoms with Crippen molar-refractivity contribution in [1.82, 2.24) is 19.6 Å². The Labute approximate surface area is 175 Å². The summed E-state index contributed by atoms with van der Waals surface area (Å²) >= 11 is 3.37. The number of nitrogens with one attached hydrogen (secondary N) is 1. The molecule has 0 aliphatic carbocycles. The van der Waals surface area contributed by atoms with Crippen LogP contribution in [-0.2, 0) is 13.1 Å². The van der Waals surface area contributed by atoms with Crippen LogP contribution in [0.5, 0.6) is 0 Å². The maximum Gasteiger partial charge on any atom is 0.256 e. The minimum absolute atomic E-state index is 0.246. The van der Waals surface area contributed by atoms with Gasteiger partial charge in [0.1, 0.15) is 5.82 Å². The Morgan fingerprint density at radius 2 is 1.79 bits per heavy atom. The number of benzene rings is 2. The first kappa shape index (κ1) is 19.1. The van der Waals surface area contributed by atoms with Gasteiger partial charge in [0, 0.05) is 24.0 Å². The van der Waals surface area contributed by atoms with E-state index in [2.05, 4.69) is 31.4 Å². The standard InChI is InChI=1S/C21H17BrFN5O/c22-18-11-24-28(14-18)13-15-3-1-5-17(9-15)21(29)25-20-7-8-27(26-20)12-16-4-2-6-19(23)10-16/h1-11,14H,12-13H2,(H,25,26,29). The van der Waals surface area contributed by atoms with Crippen LogP contribution in [0.15, 0.2) is 77.7 Å². The van der Waals surface area contributed by atoms with Crippen LogP contribution in [0.3, 0.4) is 0 Å². The van der Waals surface area contributed by atoms with Crippen molar-refractivity contribution in [2.24, 2.45) is 0 Å². The van der Waals surface area contributed by atoms with Gasteiger partial charge in [0.25, 0.3) is 5.91 Å². The van der Waals surface area contributed by atoms with E-state index in [0.717, 1.165) is 15.6 Å². The number of nitrogens with zero attached hydrogens (tertiary/aromatic N) is 4. The molecule has 0 spiro atoms. The molecule has 2 aromatic carbocycles. The van der Waals surface area contributed by atoms with Crippen LogP contribution in [0.25, 0.3) is 0 Å². The average Bonchev–Trinajstić information content (AvgIpc) is 3.30. The number of carbonyl (C=O) groups excluding carboxylic acids is 1. The summed E-state index contributed by atoms with van der Waals surface area (Å²) in [5, 5.41) is 11.4. The van der Waals surface area contributed by atoms with Crippen LogP contribution in [0.1, 0.15) is 21.5 Å². The fourth-order valence-electron chi connectivity index (χ4n) is 2.95. The van der Waals surface area contributed by atoms with Gasteiger partial charge in [0.15, 0.2) is 5.82 Å². The lowest BCUT2D eigenvalue weighted by atomic mass is 10.1. The molecule has 0 atom stereocenters. The molecule has 0 aliphatic rings. The number of carbonyl (C=O) groups is 1. The third-order valence-electron chi connectivity index (χ3n) is 4.25. The van der Waals surface area contributed by atoms with Crippen molar-refractivity contribution >= 4 is 27.7 Å². The zero-order valence-corrected chi connectivity index (χ0v) is 16.9. The third kappa shape index (κ3) is 4.97. The van der Waals surface area contributed by atoms with Crippen LogP contribution in [0.2, 0.25) is 0 Å². The van der Waals surface area contributed by atoms with Crippen molar-refractivity contribution in [3.8, 4) is 0 Å². The lowest BCUT2D eigenvalue weighted by Crippen LogP contribution is -2.13. The van der Waals surface area contributed by atoms with Crippen molar-refractivity contribution < 1.29 is 9.18 Å². The summed E-state index contributed by atoms with van der Waals surface area (Å²) in [5.74, 6) is -0.0946. The molecule has 8 heteroatoms. The van der Waals surface area contributed by atoms with Gasteiger partial charge in [0.05, 0.1) is 23.8 Å². The van der Waals surface area contributed by atoms with Gasteiger partial charge in [-0.3, -0.25) is 14.2 Å². The molecule has 4 aromatic rings. The highest BCUT2D eigenvalue weighted by atomic mass is 79.9.